The number of rotatable bonds is 0. The van der Waals surface area contributed by atoms with Crippen LogP contribution in [0.25, 0.3) is 0 Å². The Kier molecular flexibility index (Phi) is 38.4. The summed E-state index contributed by atoms with van der Waals surface area (Å²) in [6.45, 7) is 9.00. The largest absolute Gasteiger partial charge is 0 e. The maximum Gasteiger partial charge on any atom is 0 e. The van der Waals surface area contributed by atoms with Gasteiger partial charge in [-0.15, -0.1) is 0 Å². The van der Waals surface area contributed by atoms with Crippen LogP contribution in [-0.4, -0.2) is 0 Å². The van der Waals surface area contributed by atoms with Gasteiger partial charge in [0, 0.05) is 16.8 Å². The first-order valence-corrected chi connectivity index (χ1v) is 2.22. The summed E-state index contributed by atoms with van der Waals surface area (Å²) in [7, 11) is 0. The molecule has 0 heterocycles. The molecule has 3 heteroatoms. The van der Waals surface area contributed by atoms with E-state index in [1.54, 1.807) is 0 Å². The zero-order chi connectivity index (χ0) is 7.54. The summed E-state index contributed by atoms with van der Waals surface area (Å²) in [5, 5.41) is 0. The Balaban J connectivity index is -0.0000000875. The summed E-state index contributed by atoms with van der Waals surface area (Å²) in [6, 6.07) is 0. The van der Waals surface area contributed by atoms with E-state index in [0.717, 1.165) is 6.42 Å². The van der Waals surface area contributed by atoms with Gasteiger partial charge < -0.3 is 0 Å². The Morgan fingerprint density at radius 3 is 1.30 bits per heavy atom. The third-order valence-electron chi connectivity index (χ3n) is 0.655. The molecule has 0 N–H and O–H groups in total. The van der Waals surface area contributed by atoms with Gasteiger partial charge in [-0.05, 0) is 6.42 Å². The third kappa shape index (κ3) is 15.7. The maximum absolute atomic E-state index is 7.50. The van der Waals surface area contributed by atoms with E-state index in [9.17, 15) is 0 Å². The molecule has 0 aromatic carbocycles. The van der Waals surface area contributed by atoms with Crippen LogP contribution in [0.2, 0.25) is 0 Å². The molecule has 0 aliphatic heterocycles. The fourth-order valence-electron chi connectivity index (χ4n) is 0.393. The molecule has 0 amide bonds. The van der Waals surface area contributed by atoms with Gasteiger partial charge in [-0.3, -0.25) is 0 Å². The fraction of sp³-hybridized carbons (Fsp3) is 0.143. The van der Waals surface area contributed by atoms with Crippen molar-refractivity contribution >= 4 is 0 Å². The van der Waals surface area contributed by atoms with Gasteiger partial charge in [0.2, 0.25) is 0 Å². The van der Waals surface area contributed by atoms with E-state index in [1.807, 2.05) is 0 Å². The van der Waals surface area contributed by atoms with Gasteiger partial charge in [-0.25, -0.2) is 0 Å². The molecule has 0 aromatic heterocycles. The molecule has 0 atom stereocenters. The van der Waals surface area contributed by atoms with Gasteiger partial charge in [-0.2, -0.15) is 0 Å². The van der Waals surface area contributed by atoms with Gasteiger partial charge in [0.05, 0.1) is 0 Å². The quantitative estimate of drug-likeness (QED) is 0.400. The van der Waals surface area contributed by atoms with Crippen molar-refractivity contribution in [3.63, 3.8) is 0 Å². The minimum atomic E-state index is 0. The second-order valence-electron chi connectivity index (χ2n) is 1.09. The summed E-state index contributed by atoms with van der Waals surface area (Å²) in [4.78, 5) is 0. The topological polar surface area (TPSA) is 39.8 Å². The molecular formula is C7H6CoO2. The van der Waals surface area contributed by atoms with E-state index < -0.39 is 0 Å². The minimum absolute atomic E-state index is 0. The summed E-state index contributed by atoms with van der Waals surface area (Å²) in [5.74, 6) is 0. The molecule has 0 spiro atoms. The van der Waals surface area contributed by atoms with Crippen LogP contribution in [0.4, 0.5) is 0 Å². The molecule has 55 valence electrons. The molecule has 0 unspecified atom stereocenters. The van der Waals surface area contributed by atoms with E-state index in [1.165, 1.54) is 0 Å². The van der Waals surface area contributed by atoms with Crippen molar-refractivity contribution in [1.82, 2.24) is 0 Å². The Morgan fingerprint density at radius 1 is 0.900 bits per heavy atom. The SMILES string of the molecule is C1=CCC=C1.[C-]#[O+].[C-]#[O+].[Co]. The molecule has 10 heavy (non-hydrogen) atoms. The van der Waals surface area contributed by atoms with Crippen LogP contribution in [0, 0.1) is 13.3 Å². The van der Waals surface area contributed by atoms with Crippen LogP contribution in [-0.2, 0) is 26.1 Å². The van der Waals surface area contributed by atoms with Gasteiger partial charge in [0.15, 0.2) is 0 Å². The summed E-state index contributed by atoms with van der Waals surface area (Å²) >= 11 is 0. The van der Waals surface area contributed by atoms with Crippen molar-refractivity contribution < 1.29 is 26.1 Å². The van der Waals surface area contributed by atoms with E-state index in [4.69, 9.17) is 9.30 Å². The molecule has 1 radical (unpaired) electrons. The van der Waals surface area contributed by atoms with E-state index >= 15 is 0 Å². The second-order valence-corrected chi connectivity index (χ2v) is 1.09. The molecular weight excluding hydrogens is 175 g/mol. The Labute approximate surface area is 70.6 Å². The predicted molar refractivity (Wildman–Crippen MR) is 30.8 cm³/mol. The molecule has 2 nitrogen and oxygen atoms in total. The van der Waals surface area contributed by atoms with Crippen LogP contribution in [0.5, 0.6) is 0 Å². The van der Waals surface area contributed by atoms with Gasteiger partial charge in [0.1, 0.15) is 0 Å². The average Bonchev–Trinajstić information content (AvgIpc) is 2.51. The summed E-state index contributed by atoms with van der Waals surface area (Å²) in [5.41, 5.74) is 0. The molecule has 0 aromatic rings. The van der Waals surface area contributed by atoms with E-state index in [-0.39, 0.29) is 16.8 Å². The van der Waals surface area contributed by atoms with E-state index in [0.29, 0.717) is 0 Å². The first-order chi connectivity index (χ1) is 4.50. The third-order valence-corrected chi connectivity index (χ3v) is 0.655. The van der Waals surface area contributed by atoms with Crippen molar-refractivity contribution in [1.29, 1.82) is 0 Å². The van der Waals surface area contributed by atoms with Crippen LogP contribution in [0.15, 0.2) is 24.3 Å². The molecule has 1 rings (SSSR count). The smallest absolute Gasteiger partial charge is 0 e. The molecule has 0 fully saturated rings. The monoisotopic (exact) mass is 181 g/mol. The molecule has 1 aliphatic carbocycles. The van der Waals surface area contributed by atoms with Crippen molar-refractivity contribution in [2.75, 3.05) is 0 Å². The molecule has 0 saturated carbocycles. The van der Waals surface area contributed by atoms with Crippen LogP contribution >= 0.6 is 0 Å². The molecule has 0 bridgehead atoms. The van der Waals surface area contributed by atoms with Crippen LogP contribution < -0.4 is 0 Å². The number of allylic oxidation sites excluding steroid dienone is 4. The van der Waals surface area contributed by atoms with E-state index in [2.05, 4.69) is 37.6 Å². The normalized spacial score (nSPS) is 9.20. The maximum atomic E-state index is 7.50. The van der Waals surface area contributed by atoms with Crippen LogP contribution in [0.1, 0.15) is 6.42 Å². The fourth-order valence-corrected chi connectivity index (χ4v) is 0.393. The zero-order valence-corrected chi connectivity index (χ0v) is 6.21. The van der Waals surface area contributed by atoms with Crippen molar-refractivity contribution in [2.24, 2.45) is 0 Å². The van der Waals surface area contributed by atoms with Gasteiger partial charge in [0.25, 0.3) is 0 Å². The van der Waals surface area contributed by atoms with Crippen molar-refractivity contribution in [2.45, 2.75) is 6.42 Å². The summed E-state index contributed by atoms with van der Waals surface area (Å²) < 4.78 is 15.0. The second kappa shape index (κ2) is 23.7. The van der Waals surface area contributed by atoms with Crippen molar-refractivity contribution in [3.8, 4) is 0 Å². The summed E-state index contributed by atoms with van der Waals surface area (Å²) in [6.07, 6.45) is 9.50. The Morgan fingerprint density at radius 2 is 1.20 bits per heavy atom. The van der Waals surface area contributed by atoms with Gasteiger partial charge >= 0.3 is 22.6 Å². The standard InChI is InChI=1S/C5H6.2CO.Co/c1-2-4-5-3-1;2*1-2;/h1-4H,5H2;;;. The first-order valence-electron chi connectivity index (χ1n) is 2.22. The first kappa shape index (κ1) is 16.2. The molecule has 1 aliphatic rings. The molecule has 0 saturated heterocycles. The number of hydrogen-bond donors (Lipinski definition) is 0. The predicted octanol–water partition coefficient (Wildman–Crippen LogP) is 1.42. The van der Waals surface area contributed by atoms with Gasteiger partial charge in [-0.1, -0.05) is 24.3 Å². The zero-order valence-electron chi connectivity index (χ0n) is 5.17. The Bertz CT molecular complexity index is 117. The van der Waals surface area contributed by atoms with Crippen LogP contribution in [0.3, 0.4) is 0 Å². The average molecular weight is 181 g/mol. The number of hydrogen-bond acceptors (Lipinski definition) is 0. The van der Waals surface area contributed by atoms with Crippen molar-refractivity contribution in [3.05, 3.63) is 37.6 Å². The minimum Gasteiger partial charge on any atom is 0 e. The Hall–Kier alpha value is -0.534.